The van der Waals surface area contributed by atoms with Gasteiger partial charge < -0.3 is 15.5 Å². The van der Waals surface area contributed by atoms with E-state index in [1.807, 2.05) is 32.8 Å². The summed E-state index contributed by atoms with van der Waals surface area (Å²) in [4.78, 5) is 16.7. The molecule has 0 fully saturated rings. The zero-order valence-electron chi connectivity index (χ0n) is 14.4. The van der Waals surface area contributed by atoms with Gasteiger partial charge >= 0.3 is 0 Å². The molecule has 0 radical (unpaired) electrons. The van der Waals surface area contributed by atoms with Gasteiger partial charge in [0, 0.05) is 31.6 Å². The fraction of sp³-hybridized carbons (Fsp3) is 0.938. The molecule has 2 N–H and O–H groups in total. The SMILES string of the molecule is CC(C)CN(CCN(C)C)C(=O)C(C)CCCC(C)N. The lowest BCUT2D eigenvalue weighted by Gasteiger charge is -2.28. The molecular weight excluding hydrogens is 250 g/mol. The van der Waals surface area contributed by atoms with Crippen LogP contribution in [0.25, 0.3) is 0 Å². The molecule has 2 atom stereocenters. The molecule has 0 aromatic heterocycles. The van der Waals surface area contributed by atoms with Crippen LogP contribution >= 0.6 is 0 Å². The van der Waals surface area contributed by atoms with Crippen molar-refractivity contribution in [1.29, 1.82) is 0 Å². The summed E-state index contributed by atoms with van der Waals surface area (Å²) in [6.45, 7) is 11.0. The Hall–Kier alpha value is -0.610. The number of nitrogens with zero attached hydrogens (tertiary/aromatic N) is 2. The van der Waals surface area contributed by atoms with E-state index in [-0.39, 0.29) is 12.0 Å². The predicted octanol–water partition coefficient (Wildman–Crippen LogP) is 2.19. The van der Waals surface area contributed by atoms with Gasteiger partial charge in [0.05, 0.1) is 0 Å². The highest BCUT2D eigenvalue weighted by molar-refractivity contribution is 5.78. The smallest absolute Gasteiger partial charge is 0.225 e. The van der Waals surface area contributed by atoms with Gasteiger partial charge in [-0.05, 0) is 39.8 Å². The van der Waals surface area contributed by atoms with Crippen LogP contribution in [0.15, 0.2) is 0 Å². The topological polar surface area (TPSA) is 49.6 Å². The number of amides is 1. The molecule has 0 aromatic rings. The lowest BCUT2D eigenvalue weighted by atomic mass is 10.00. The van der Waals surface area contributed by atoms with Gasteiger partial charge in [0.2, 0.25) is 5.91 Å². The van der Waals surface area contributed by atoms with Crippen LogP contribution in [-0.4, -0.2) is 55.5 Å². The minimum Gasteiger partial charge on any atom is -0.341 e. The number of hydrogen-bond donors (Lipinski definition) is 1. The van der Waals surface area contributed by atoms with Crippen molar-refractivity contribution in [2.45, 2.75) is 53.0 Å². The second kappa shape index (κ2) is 10.2. The van der Waals surface area contributed by atoms with Crippen molar-refractivity contribution in [2.75, 3.05) is 33.7 Å². The Kier molecular flexibility index (Phi) is 9.86. The fourth-order valence-corrected chi connectivity index (χ4v) is 2.23. The van der Waals surface area contributed by atoms with Crippen molar-refractivity contribution in [3.8, 4) is 0 Å². The lowest BCUT2D eigenvalue weighted by Crippen LogP contribution is -2.41. The molecule has 0 rings (SSSR count). The number of carbonyl (C=O) groups excluding carboxylic acids is 1. The number of rotatable bonds is 10. The predicted molar refractivity (Wildman–Crippen MR) is 86.6 cm³/mol. The Morgan fingerprint density at radius 2 is 1.65 bits per heavy atom. The van der Waals surface area contributed by atoms with Crippen LogP contribution in [0.5, 0.6) is 0 Å². The largest absolute Gasteiger partial charge is 0.341 e. The Balaban J connectivity index is 4.35. The standard InChI is InChI=1S/C16H35N3O/c1-13(2)12-19(11-10-18(5)6)16(20)14(3)8-7-9-15(4)17/h13-15H,7-12,17H2,1-6H3. The number of nitrogens with two attached hydrogens (primary N) is 1. The maximum atomic E-state index is 12.5. The first-order chi connectivity index (χ1) is 9.23. The van der Waals surface area contributed by atoms with Crippen LogP contribution in [0.3, 0.4) is 0 Å². The monoisotopic (exact) mass is 285 g/mol. The quantitative estimate of drug-likeness (QED) is 0.669. The van der Waals surface area contributed by atoms with E-state index in [4.69, 9.17) is 5.73 Å². The summed E-state index contributed by atoms with van der Waals surface area (Å²) < 4.78 is 0. The van der Waals surface area contributed by atoms with E-state index in [0.717, 1.165) is 38.9 Å². The van der Waals surface area contributed by atoms with Crippen molar-refractivity contribution >= 4 is 5.91 Å². The Labute approximate surface area is 125 Å². The highest BCUT2D eigenvalue weighted by Gasteiger charge is 2.21. The Morgan fingerprint density at radius 1 is 1.05 bits per heavy atom. The second-order valence-electron chi connectivity index (χ2n) is 6.79. The number of hydrogen-bond acceptors (Lipinski definition) is 3. The normalized spacial score (nSPS) is 14.7. The van der Waals surface area contributed by atoms with Crippen molar-refractivity contribution in [2.24, 2.45) is 17.6 Å². The van der Waals surface area contributed by atoms with E-state index in [1.54, 1.807) is 0 Å². The van der Waals surface area contributed by atoms with Crippen molar-refractivity contribution in [3.63, 3.8) is 0 Å². The van der Waals surface area contributed by atoms with E-state index in [0.29, 0.717) is 11.8 Å². The maximum absolute atomic E-state index is 12.5. The molecule has 4 nitrogen and oxygen atoms in total. The zero-order valence-corrected chi connectivity index (χ0v) is 14.4. The molecule has 1 amide bonds. The van der Waals surface area contributed by atoms with E-state index in [2.05, 4.69) is 18.7 Å². The first-order valence-electron chi connectivity index (χ1n) is 7.93. The molecule has 0 heterocycles. The first kappa shape index (κ1) is 19.4. The summed E-state index contributed by atoms with van der Waals surface area (Å²) in [5.41, 5.74) is 5.76. The lowest BCUT2D eigenvalue weighted by molar-refractivity contribution is -0.136. The summed E-state index contributed by atoms with van der Waals surface area (Å²) in [6, 6.07) is 0.234. The number of carbonyl (C=O) groups is 1. The van der Waals surface area contributed by atoms with Gasteiger partial charge in [0.1, 0.15) is 0 Å². The summed E-state index contributed by atoms with van der Waals surface area (Å²) in [5.74, 6) is 0.914. The van der Waals surface area contributed by atoms with Crippen LogP contribution in [0.2, 0.25) is 0 Å². The van der Waals surface area contributed by atoms with Gasteiger partial charge in [0.25, 0.3) is 0 Å². The van der Waals surface area contributed by atoms with Gasteiger partial charge in [-0.1, -0.05) is 27.2 Å². The molecule has 0 aliphatic rings. The van der Waals surface area contributed by atoms with Crippen LogP contribution in [-0.2, 0) is 4.79 Å². The van der Waals surface area contributed by atoms with Crippen molar-refractivity contribution < 1.29 is 4.79 Å². The van der Waals surface area contributed by atoms with Gasteiger partial charge in [-0.25, -0.2) is 0 Å². The first-order valence-corrected chi connectivity index (χ1v) is 7.93. The molecule has 0 spiro atoms. The molecule has 0 saturated carbocycles. The molecule has 0 bridgehead atoms. The van der Waals surface area contributed by atoms with Crippen molar-refractivity contribution in [3.05, 3.63) is 0 Å². The van der Waals surface area contributed by atoms with Gasteiger partial charge in [-0.2, -0.15) is 0 Å². The summed E-state index contributed by atoms with van der Waals surface area (Å²) in [5, 5.41) is 0. The third kappa shape index (κ3) is 9.32. The van der Waals surface area contributed by atoms with Gasteiger partial charge in [-0.15, -0.1) is 0 Å². The van der Waals surface area contributed by atoms with Crippen molar-refractivity contribution in [1.82, 2.24) is 9.80 Å². The van der Waals surface area contributed by atoms with E-state index in [1.165, 1.54) is 0 Å². The Bertz CT molecular complexity index is 264. The minimum atomic E-state index is 0.106. The molecule has 0 aromatic carbocycles. The van der Waals surface area contributed by atoms with Crippen LogP contribution in [0.1, 0.15) is 47.0 Å². The molecule has 120 valence electrons. The highest BCUT2D eigenvalue weighted by atomic mass is 16.2. The molecular formula is C16H35N3O. The average molecular weight is 285 g/mol. The van der Waals surface area contributed by atoms with Crippen LogP contribution in [0.4, 0.5) is 0 Å². The van der Waals surface area contributed by atoms with Crippen LogP contribution < -0.4 is 5.73 Å². The molecule has 20 heavy (non-hydrogen) atoms. The third-order valence-corrected chi connectivity index (χ3v) is 3.43. The molecule has 0 aliphatic carbocycles. The summed E-state index contributed by atoms with van der Waals surface area (Å²) >= 11 is 0. The van der Waals surface area contributed by atoms with E-state index < -0.39 is 0 Å². The molecule has 4 heteroatoms. The highest BCUT2D eigenvalue weighted by Crippen LogP contribution is 2.13. The summed E-state index contributed by atoms with van der Waals surface area (Å²) in [7, 11) is 4.09. The zero-order chi connectivity index (χ0) is 15.7. The average Bonchev–Trinajstić information content (AvgIpc) is 2.32. The number of likely N-dealkylation sites (N-methyl/N-ethyl adjacent to an activating group) is 1. The van der Waals surface area contributed by atoms with E-state index >= 15 is 0 Å². The molecule has 2 unspecified atom stereocenters. The maximum Gasteiger partial charge on any atom is 0.225 e. The third-order valence-electron chi connectivity index (χ3n) is 3.43. The second-order valence-corrected chi connectivity index (χ2v) is 6.79. The van der Waals surface area contributed by atoms with E-state index in [9.17, 15) is 4.79 Å². The molecule has 0 aliphatic heterocycles. The van der Waals surface area contributed by atoms with Crippen LogP contribution in [0, 0.1) is 11.8 Å². The fourth-order valence-electron chi connectivity index (χ4n) is 2.23. The van der Waals surface area contributed by atoms with Gasteiger partial charge in [-0.3, -0.25) is 4.79 Å². The minimum absolute atomic E-state index is 0.106. The summed E-state index contributed by atoms with van der Waals surface area (Å²) in [6.07, 6.45) is 2.98. The van der Waals surface area contributed by atoms with Gasteiger partial charge in [0.15, 0.2) is 0 Å². The molecule has 0 saturated heterocycles. The Morgan fingerprint density at radius 3 is 2.10 bits per heavy atom.